The number of ether oxygens (including phenoxy) is 1. The molecule has 1 amide bonds. The Morgan fingerprint density at radius 2 is 2.22 bits per heavy atom. The summed E-state index contributed by atoms with van der Waals surface area (Å²) in [7, 11) is 1.31. The summed E-state index contributed by atoms with van der Waals surface area (Å²) in [6, 6.07) is 3.38. The van der Waals surface area contributed by atoms with Crippen LogP contribution in [0.25, 0.3) is 11.0 Å². The predicted octanol–water partition coefficient (Wildman–Crippen LogP) is 1.70. The lowest BCUT2D eigenvalue weighted by atomic mass is 10.3. The molecule has 6 heteroatoms. The van der Waals surface area contributed by atoms with Crippen molar-refractivity contribution in [2.75, 3.05) is 12.4 Å². The van der Waals surface area contributed by atoms with Gasteiger partial charge in [0.05, 0.1) is 19.0 Å². The van der Waals surface area contributed by atoms with Crippen LogP contribution in [-0.2, 0) is 9.53 Å². The number of H-pyrrole nitrogens is 1. The Morgan fingerprint density at radius 3 is 2.89 bits per heavy atom. The largest absolute Gasteiger partial charge is 0.464 e. The molecule has 0 saturated heterocycles. The molecule has 0 spiro atoms. The number of esters is 1. The molecule has 2 aromatic heterocycles. The Balaban J connectivity index is 2.33. The van der Waals surface area contributed by atoms with Crippen LogP contribution in [0, 0.1) is 0 Å². The highest BCUT2D eigenvalue weighted by molar-refractivity contribution is 5.96. The van der Waals surface area contributed by atoms with Gasteiger partial charge in [-0.05, 0) is 12.1 Å². The highest BCUT2D eigenvalue weighted by atomic mass is 16.5. The van der Waals surface area contributed by atoms with Crippen LogP contribution in [-0.4, -0.2) is 29.0 Å². The van der Waals surface area contributed by atoms with E-state index in [0.29, 0.717) is 23.4 Å². The maximum absolute atomic E-state index is 11.3. The van der Waals surface area contributed by atoms with Crippen molar-refractivity contribution in [2.45, 2.75) is 13.3 Å². The topological polar surface area (TPSA) is 84.1 Å². The summed E-state index contributed by atoms with van der Waals surface area (Å²) in [5, 5.41) is 3.44. The van der Waals surface area contributed by atoms with E-state index >= 15 is 0 Å². The summed E-state index contributed by atoms with van der Waals surface area (Å²) >= 11 is 0. The quantitative estimate of drug-likeness (QED) is 0.808. The summed E-state index contributed by atoms with van der Waals surface area (Å²) in [6.07, 6.45) is 1.94. The van der Waals surface area contributed by atoms with Crippen LogP contribution in [0.15, 0.2) is 18.3 Å². The van der Waals surface area contributed by atoms with Crippen molar-refractivity contribution < 1.29 is 14.3 Å². The molecule has 2 N–H and O–H groups in total. The van der Waals surface area contributed by atoms with E-state index in [1.54, 1.807) is 19.1 Å². The number of aromatic nitrogens is 2. The van der Waals surface area contributed by atoms with Gasteiger partial charge in [-0.1, -0.05) is 6.92 Å². The van der Waals surface area contributed by atoms with Gasteiger partial charge >= 0.3 is 5.97 Å². The molecule has 0 unspecified atom stereocenters. The molecule has 0 saturated carbocycles. The van der Waals surface area contributed by atoms with Crippen LogP contribution in [0.3, 0.4) is 0 Å². The van der Waals surface area contributed by atoms with Gasteiger partial charge in [-0.15, -0.1) is 0 Å². The Kier molecular flexibility index (Phi) is 3.27. The average Bonchev–Trinajstić information content (AvgIpc) is 2.80. The highest BCUT2D eigenvalue weighted by Gasteiger charge is 2.10. The summed E-state index contributed by atoms with van der Waals surface area (Å²) in [5.41, 5.74) is 1.51. The van der Waals surface area contributed by atoms with E-state index in [1.807, 2.05) is 0 Å². The number of carbonyl (C=O) groups excluding carboxylic acids is 2. The number of aromatic amines is 1. The van der Waals surface area contributed by atoms with Gasteiger partial charge in [0.2, 0.25) is 5.91 Å². The average molecular weight is 247 g/mol. The Morgan fingerprint density at radius 1 is 1.44 bits per heavy atom. The number of fused-ring (bicyclic) bond motifs is 1. The molecule has 18 heavy (non-hydrogen) atoms. The lowest BCUT2D eigenvalue weighted by Gasteiger charge is -2.01. The maximum atomic E-state index is 11.3. The predicted molar refractivity (Wildman–Crippen MR) is 66.4 cm³/mol. The van der Waals surface area contributed by atoms with E-state index in [4.69, 9.17) is 0 Å². The minimum Gasteiger partial charge on any atom is -0.464 e. The molecule has 2 aromatic rings. The van der Waals surface area contributed by atoms with Crippen molar-refractivity contribution in [1.82, 2.24) is 9.97 Å². The second-order valence-electron chi connectivity index (χ2n) is 3.74. The van der Waals surface area contributed by atoms with Gasteiger partial charge in [-0.3, -0.25) is 4.79 Å². The summed E-state index contributed by atoms with van der Waals surface area (Å²) in [4.78, 5) is 29.6. The fourth-order valence-corrected chi connectivity index (χ4v) is 1.55. The Hall–Kier alpha value is -2.37. The maximum Gasteiger partial charge on any atom is 0.354 e. The van der Waals surface area contributed by atoms with Crippen molar-refractivity contribution in [1.29, 1.82) is 0 Å². The standard InChI is InChI=1S/C12H13N3O3/c1-3-10(16)14-8-4-7-5-9(12(17)18-2)15-11(7)13-6-8/h4-6H,3H2,1-2H3,(H,13,15)(H,14,16). The van der Waals surface area contributed by atoms with E-state index < -0.39 is 5.97 Å². The number of hydrogen-bond acceptors (Lipinski definition) is 4. The van der Waals surface area contributed by atoms with Crippen molar-refractivity contribution in [3.8, 4) is 0 Å². The second-order valence-corrected chi connectivity index (χ2v) is 3.74. The van der Waals surface area contributed by atoms with E-state index in [-0.39, 0.29) is 5.91 Å². The molecule has 0 fully saturated rings. The minimum absolute atomic E-state index is 0.0834. The van der Waals surface area contributed by atoms with E-state index in [9.17, 15) is 9.59 Å². The van der Waals surface area contributed by atoms with Crippen LogP contribution >= 0.6 is 0 Å². The first-order valence-corrected chi connectivity index (χ1v) is 5.51. The van der Waals surface area contributed by atoms with Gasteiger partial charge in [0.1, 0.15) is 11.3 Å². The molecule has 0 aliphatic carbocycles. The molecule has 94 valence electrons. The third-order valence-corrected chi connectivity index (χ3v) is 2.48. The Bertz CT molecular complexity index is 604. The third-order valence-electron chi connectivity index (χ3n) is 2.48. The van der Waals surface area contributed by atoms with Crippen molar-refractivity contribution >= 4 is 28.6 Å². The zero-order chi connectivity index (χ0) is 13.1. The van der Waals surface area contributed by atoms with E-state index in [1.165, 1.54) is 13.3 Å². The number of anilines is 1. The summed E-state index contributed by atoms with van der Waals surface area (Å²) in [5.74, 6) is -0.535. The number of methoxy groups -OCH3 is 1. The number of hydrogen-bond donors (Lipinski definition) is 2. The lowest BCUT2D eigenvalue weighted by molar-refractivity contribution is -0.115. The lowest BCUT2D eigenvalue weighted by Crippen LogP contribution is -2.09. The monoisotopic (exact) mass is 247 g/mol. The first-order valence-electron chi connectivity index (χ1n) is 5.51. The molecule has 0 aromatic carbocycles. The number of nitrogens with zero attached hydrogens (tertiary/aromatic N) is 1. The van der Waals surface area contributed by atoms with Crippen LogP contribution in [0.2, 0.25) is 0 Å². The van der Waals surface area contributed by atoms with Gasteiger partial charge in [-0.25, -0.2) is 9.78 Å². The number of amides is 1. The zero-order valence-corrected chi connectivity index (χ0v) is 10.1. The first kappa shape index (κ1) is 12.1. The summed E-state index contributed by atoms with van der Waals surface area (Å²) < 4.78 is 4.61. The minimum atomic E-state index is -0.452. The third kappa shape index (κ3) is 2.32. The van der Waals surface area contributed by atoms with Crippen molar-refractivity contribution in [3.63, 3.8) is 0 Å². The second kappa shape index (κ2) is 4.87. The Labute approximate surface area is 103 Å². The van der Waals surface area contributed by atoms with Crippen molar-refractivity contribution in [2.24, 2.45) is 0 Å². The molecule has 0 atom stereocenters. The molecule has 0 bridgehead atoms. The fourth-order valence-electron chi connectivity index (χ4n) is 1.55. The van der Waals surface area contributed by atoms with Crippen LogP contribution in [0.4, 0.5) is 5.69 Å². The van der Waals surface area contributed by atoms with Gasteiger partial charge in [0, 0.05) is 11.8 Å². The van der Waals surface area contributed by atoms with Gasteiger partial charge < -0.3 is 15.0 Å². The number of rotatable bonds is 3. The number of carbonyl (C=O) groups is 2. The molecule has 6 nitrogen and oxygen atoms in total. The fraction of sp³-hybridized carbons (Fsp3) is 0.250. The molecule has 0 aliphatic heterocycles. The van der Waals surface area contributed by atoms with Crippen LogP contribution in [0.1, 0.15) is 23.8 Å². The van der Waals surface area contributed by atoms with Crippen molar-refractivity contribution in [3.05, 3.63) is 24.0 Å². The van der Waals surface area contributed by atoms with E-state index in [0.717, 1.165) is 5.39 Å². The number of nitrogens with one attached hydrogen (secondary N) is 2. The first-order chi connectivity index (χ1) is 8.63. The molecular weight excluding hydrogens is 234 g/mol. The molecule has 0 radical (unpaired) electrons. The van der Waals surface area contributed by atoms with Crippen LogP contribution < -0.4 is 5.32 Å². The molecule has 0 aliphatic rings. The number of pyridine rings is 1. The highest BCUT2D eigenvalue weighted by Crippen LogP contribution is 2.18. The molecule has 2 heterocycles. The molecular formula is C12H13N3O3. The normalized spacial score (nSPS) is 10.3. The SMILES string of the molecule is CCC(=O)Nc1cnc2[nH]c(C(=O)OC)cc2c1. The van der Waals surface area contributed by atoms with Gasteiger partial charge in [0.25, 0.3) is 0 Å². The van der Waals surface area contributed by atoms with E-state index in [2.05, 4.69) is 20.0 Å². The molecule has 2 rings (SSSR count). The smallest absolute Gasteiger partial charge is 0.354 e. The van der Waals surface area contributed by atoms with Gasteiger partial charge in [-0.2, -0.15) is 0 Å². The summed E-state index contributed by atoms with van der Waals surface area (Å²) in [6.45, 7) is 1.77. The van der Waals surface area contributed by atoms with Gasteiger partial charge in [0.15, 0.2) is 0 Å². The zero-order valence-electron chi connectivity index (χ0n) is 10.1. The van der Waals surface area contributed by atoms with Crippen LogP contribution in [0.5, 0.6) is 0 Å².